The van der Waals surface area contributed by atoms with Gasteiger partial charge in [-0.15, -0.1) is 0 Å². The molecule has 6 nitrogen and oxygen atoms in total. The van der Waals surface area contributed by atoms with Crippen LogP contribution >= 0.6 is 0 Å². The second kappa shape index (κ2) is 9.45. The number of fused-ring (bicyclic) bond motifs is 1. The van der Waals surface area contributed by atoms with Gasteiger partial charge < -0.3 is 20.4 Å². The Morgan fingerprint density at radius 2 is 1.72 bits per heavy atom. The lowest BCUT2D eigenvalue weighted by Crippen LogP contribution is -2.36. The van der Waals surface area contributed by atoms with Crippen LogP contribution in [-0.2, 0) is 19.5 Å². The van der Waals surface area contributed by atoms with Crippen molar-refractivity contribution in [3.8, 4) is 0 Å². The van der Waals surface area contributed by atoms with E-state index in [0.29, 0.717) is 12.1 Å². The summed E-state index contributed by atoms with van der Waals surface area (Å²) in [5, 5.41) is 6.72. The highest BCUT2D eigenvalue weighted by Crippen LogP contribution is 2.26. The Hall–Kier alpha value is -3.02. The van der Waals surface area contributed by atoms with Crippen molar-refractivity contribution in [2.75, 3.05) is 39.6 Å². The van der Waals surface area contributed by atoms with Gasteiger partial charge in [0.1, 0.15) is 0 Å². The Balaban J connectivity index is 1.53. The van der Waals surface area contributed by atoms with Crippen LogP contribution in [0.1, 0.15) is 33.5 Å². The van der Waals surface area contributed by atoms with Crippen molar-refractivity contribution in [3.63, 3.8) is 0 Å². The number of aryl methyl sites for hydroxylation is 1. The van der Waals surface area contributed by atoms with E-state index in [-0.39, 0.29) is 5.91 Å². The summed E-state index contributed by atoms with van der Waals surface area (Å²) >= 11 is 0. The highest BCUT2D eigenvalue weighted by molar-refractivity contribution is 5.93. The first kappa shape index (κ1) is 20.7. The molecular weight excluding hydrogens is 362 g/mol. The van der Waals surface area contributed by atoms with Gasteiger partial charge in [-0.1, -0.05) is 24.3 Å². The summed E-state index contributed by atoms with van der Waals surface area (Å²) < 4.78 is 0. The SMILES string of the molecule is CN=C(NCc1ccc(C(=O)N(C)C)cc1)NCc1ccc2c(c1)CCCN2C. The number of amides is 1. The number of hydrogen-bond acceptors (Lipinski definition) is 3. The number of carbonyl (C=O) groups is 1. The molecule has 0 unspecified atom stereocenters. The predicted molar refractivity (Wildman–Crippen MR) is 120 cm³/mol. The molecule has 0 saturated heterocycles. The zero-order valence-electron chi connectivity index (χ0n) is 17.8. The van der Waals surface area contributed by atoms with Crippen molar-refractivity contribution in [2.45, 2.75) is 25.9 Å². The van der Waals surface area contributed by atoms with E-state index in [1.165, 1.54) is 23.2 Å². The van der Waals surface area contributed by atoms with Crippen molar-refractivity contribution >= 4 is 17.6 Å². The van der Waals surface area contributed by atoms with Gasteiger partial charge in [0.2, 0.25) is 0 Å². The summed E-state index contributed by atoms with van der Waals surface area (Å²) in [6.45, 7) is 2.50. The number of nitrogens with one attached hydrogen (secondary N) is 2. The van der Waals surface area contributed by atoms with Gasteiger partial charge in [-0.25, -0.2) is 0 Å². The summed E-state index contributed by atoms with van der Waals surface area (Å²) in [5.41, 5.74) is 5.82. The van der Waals surface area contributed by atoms with Crippen molar-refractivity contribution in [1.82, 2.24) is 15.5 Å². The van der Waals surface area contributed by atoms with Gasteiger partial charge >= 0.3 is 0 Å². The second-order valence-corrected chi connectivity index (χ2v) is 7.66. The maximum Gasteiger partial charge on any atom is 0.253 e. The zero-order valence-corrected chi connectivity index (χ0v) is 17.8. The molecule has 0 atom stereocenters. The molecule has 0 bridgehead atoms. The van der Waals surface area contributed by atoms with Gasteiger partial charge in [-0.3, -0.25) is 9.79 Å². The number of aliphatic imine (C=N–C) groups is 1. The molecule has 6 heteroatoms. The monoisotopic (exact) mass is 393 g/mol. The maximum absolute atomic E-state index is 12.0. The van der Waals surface area contributed by atoms with E-state index < -0.39 is 0 Å². The molecule has 2 aromatic carbocycles. The minimum atomic E-state index is 0.0122. The van der Waals surface area contributed by atoms with Crippen LogP contribution in [0.4, 0.5) is 5.69 Å². The Labute approximate surface area is 173 Å². The Kier molecular flexibility index (Phi) is 6.75. The van der Waals surface area contributed by atoms with Crippen molar-refractivity contribution in [2.24, 2.45) is 4.99 Å². The highest BCUT2D eigenvalue weighted by Gasteiger charge is 2.13. The number of rotatable bonds is 5. The Bertz CT molecular complexity index is 873. The average molecular weight is 394 g/mol. The molecule has 2 N–H and O–H groups in total. The summed E-state index contributed by atoms with van der Waals surface area (Å²) in [5.74, 6) is 0.770. The lowest BCUT2D eigenvalue weighted by Gasteiger charge is -2.28. The van der Waals surface area contributed by atoms with Crippen LogP contribution in [0.5, 0.6) is 0 Å². The molecule has 0 saturated carbocycles. The molecule has 1 heterocycles. The molecule has 0 radical (unpaired) electrons. The fraction of sp³-hybridized carbons (Fsp3) is 0.391. The van der Waals surface area contributed by atoms with Crippen molar-refractivity contribution in [1.29, 1.82) is 0 Å². The predicted octanol–water partition coefficient (Wildman–Crippen LogP) is 2.64. The number of hydrogen-bond donors (Lipinski definition) is 2. The molecule has 1 aliphatic rings. The number of anilines is 1. The van der Waals surface area contributed by atoms with Gasteiger partial charge in [0.15, 0.2) is 5.96 Å². The summed E-state index contributed by atoms with van der Waals surface area (Å²) in [7, 11) is 7.45. The Morgan fingerprint density at radius 3 is 2.38 bits per heavy atom. The van der Waals surface area contributed by atoms with Crippen LogP contribution in [0.2, 0.25) is 0 Å². The van der Waals surface area contributed by atoms with E-state index in [1.807, 2.05) is 24.3 Å². The first-order valence-corrected chi connectivity index (χ1v) is 10.1. The van der Waals surface area contributed by atoms with Gasteiger partial charge in [0.25, 0.3) is 5.91 Å². The number of nitrogens with zero attached hydrogens (tertiary/aromatic N) is 3. The topological polar surface area (TPSA) is 60.0 Å². The van der Waals surface area contributed by atoms with Crippen molar-refractivity contribution < 1.29 is 4.79 Å². The van der Waals surface area contributed by atoms with Crippen molar-refractivity contribution in [3.05, 3.63) is 64.7 Å². The van der Waals surface area contributed by atoms with Gasteiger partial charge in [0, 0.05) is 59.1 Å². The molecule has 3 rings (SSSR count). The van der Waals surface area contributed by atoms with E-state index in [4.69, 9.17) is 0 Å². The van der Waals surface area contributed by atoms with E-state index in [2.05, 4.69) is 45.8 Å². The molecule has 2 aromatic rings. The van der Waals surface area contributed by atoms with E-state index in [9.17, 15) is 4.79 Å². The van der Waals surface area contributed by atoms with Crippen LogP contribution < -0.4 is 15.5 Å². The molecule has 0 fully saturated rings. The Morgan fingerprint density at radius 1 is 1.07 bits per heavy atom. The van der Waals surface area contributed by atoms with E-state index in [0.717, 1.165) is 31.0 Å². The first-order valence-electron chi connectivity index (χ1n) is 10.1. The summed E-state index contributed by atoms with van der Waals surface area (Å²) in [6.07, 6.45) is 2.36. The van der Waals surface area contributed by atoms with Gasteiger partial charge in [-0.05, 0) is 47.7 Å². The minimum Gasteiger partial charge on any atom is -0.374 e. The highest BCUT2D eigenvalue weighted by atomic mass is 16.2. The van der Waals surface area contributed by atoms with Crippen LogP contribution in [0.25, 0.3) is 0 Å². The lowest BCUT2D eigenvalue weighted by atomic mass is 9.99. The van der Waals surface area contributed by atoms with Gasteiger partial charge in [-0.2, -0.15) is 0 Å². The molecular formula is C23H31N5O. The third-order valence-electron chi connectivity index (χ3n) is 5.25. The van der Waals surface area contributed by atoms with E-state index in [1.54, 1.807) is 26.0 Å². The molecule has 0 spiro atoms. The molecule has 29 heavy (non-hydrogen) atoms. The van der Waals surface area contributed by atoms with Crippen LogP contribution in [0.15, 0.2) is 47.5 Å². The van der Waals surface area contributed by atoms with E-state index >= 15 is 0 Å². The minimum absolute atomic E-state index is 0.0122. The molecule has 1 amide bonds. The normalized spacial score (nSPS) is 13.7. The van der Waals surface area contributed by atoms with Crippen LogP contribution in [-0.4, -0.2) is 51.5 Å². The fourth-order valence-electron chi connectivity index (χ4n) is 3.56. The maximum atomic E-state index is 12.0. The van der Waals surface area contributed by atoms with Gasteiger partial charge in [0.05, 0.1) is 0 Å². The number of carbonyl (C=O) groups excluding carboxylic acids is 1. The third-order valence-corrected chi connectivity index (χ3v) is 5.25. The second-order valence-electron chi connectivity index (χ2n) is 7.66. The summed E-state index contributed by atoms with van der Waals surface area (Å²) in [4.78, 5) is 20.2. The van der Waals surface area contributed by atoms with Crippen LogP contribution in [0, 0.1) is 0 Å². The quantitative estimate of drug-likeness (QED) is 0.606. The lowest BCUT2D eigenvalue weighted by molar-refractivity contribution is 0.0827. The standard InChI is InChI=1S/C23H31N5O/c1-24-23(25-15-17-7-10-19(11-8-17)22(29)27(2)3)26-16-18-9-12-21-20(14-18)6-5-13-28(21)4/h7-12,14H,5-6,13,15-16H2,1-4H3,(H2,24,25,26). The fourth-order valence-corrected chi connectivity index (χ4v) is 3.56. The molecule has 154 valence electrons. The number of guanidine groups is 1. The first-order chi connectivity index (χ1) is 14.0. The molecule has 0 aromatic heterocycles. The smallest absolute Gasteiger partial charge is 0.253 e. The van der Waals surface area contributed by atoms with Crippen LogP contribution in [0.3, 0.4) is 0 Å². The third kappa shape index (κ3) is 5.28. The number of benzene rings is 2. The molecule has 0 aliphatic carbocycles. The molecule has 1 aliphatic heterocycles. The zero-order chi connectivity index (χ0) is 20.8. The largest absolute Gasteiger partial charge is 0.374 e. The summed E-state index contributed by atoms with van der Waals surface area (Å²) in [6, 6.07) is 14.4. The average Bonchev–Trinajstić information content (AvgIpc) is 2.73.